The van der Waals surface area contributed by atoms with Gasteiger partial charge in [-0.05, 0) is 55.3 Å². The fourth-order valence-corrected chi connectivity index (χ4v) is 4.64. The van der Waals surface area contributed by atoms with Crippen LogP contribution < -0.4 is 10.9 Å². The molecule has 1 unspecified atom stereocenters. The summed E-state index contributed by atoms with van der Waals surface area (Å²) in [5.41, 5.74) is 3.47. The Balaban J connectivity index is 1.50. The van der Waals surface area contributed by atoms with Crippen LogP contribution in [-0.4, -0.2) is 34.2 Å². The normalized spacial score (nSPS) is 12.3. The summed E-state index contributed by atoms with van der Waals surface area (Å²) in [5, 5.41) is 18.7. The van der Waals surface area contributed by atoms with E-state index in [1.54, 1.807) is 21.5 Å². The zero-order chi connectivity index (χ0) is 25.7. The van der Waals surface area contributed by atoms with E-state index >= 15 is 0 Å². The summed E-state index contributed by atoms with van der Waals surface area (Å²) < 4.78 is 17.3. The second-order valence-electron chi connectivity index (χ2n) is 8.84. The molecule has 6 rings (SSSR count). The first-order valence-electron chi connectivity index (χ1n) is 11.7. The molecule has 4 aromatic heterocycles. The molecule has 0 aliphatic heterocycles. The molecule has 0 saturated carbocycles. The fourth-order valence-electron chi connectivity index (χ4n) is 4.64. The number of nitrogens with one attached hydrogen (secondary N) is 2. The monoisotopic (exact) mass is 495 g/mol. The molecule has 0 aliphatic carbocycles. The SMILES string of the molecule is Cc1ccn2nc(C(C)Nc3ncnc4[nH]cc(-c5cc(O)cc(F)c5)c34)n(-c3ccccc3)c(=O)c12. The van der Waals surface area contributed by atoms with E-state index in [9.17, 15) is 14.3 Å². The zero-order valence-corrected chi connectivity index (χ0v) is 20.0. The highest BCUT2D eigenvalue weighted by Gasteiger charge is 2.22. The number of H-pyrrole nitrogens is 1. The molecule has 9 nitrogen and oxygen atoms in total. The van der Waals surface area contributed by atoms with Gasteiger partial charge in [0.05, 0.1) is 17.1 Å². The Labute approximate surface area is 209 Å². The summed E-state index contributed by atoms with van der Waals surface area (Å²) in [6, 6.07) is 14.6. The van der Waals surface area contributed by atoms with Gasteiger partial charge in [0.15, 0.2) is 5.82 Å². The molecule has 10 heteroatoms. The minimum absolute atomic E-state index is 0.183. The first-order valence-corrected chi connectivity index (χ1v) is 11.7. The maximum atomic E-state index is 14.1. The Morgan fingerprint density at radius 2 is 1.92 bits per heavy atom. The molecule has 6 aromatic rings. The molecule has 0 aliphatic rings. The topological polar surface area (TPSA) is 113 Å². The van der Waals surface area contributed by atoms with Crippen molar-refractivity contribution in [1.29, 1.82) is 0 Å². The third-order valence-electron chi connectivity index (χ3n) is 6.33. The van der Waals surface area contributed by atoms with Crippen molar-refractivity contribution in [2.24, 2.45) is 0 Å². The van der Waals surface area contributed by atoms with Crippen molar-refractivity contribution in [1.82, 2.24) is 29.1 Å². The summed E-state index contributed by atoms with van der Waals surface area (Å²) in [7, 11) is 0. The van der Waals surface area contributed by atoms with Crippen molar-refractivity contribution >= 4 is 22.4 Å². The lowest BCUT2D eigenvalue weighted by Crippen LogP contribution is -2.29. The van der Waals surface area contributed by atoms with Crippen molar-refractivity contribution in [3.63, 3.8) is 0 Å². The number of para-hydroxylation sites is 1. The smallest absolute Gasteiger partial charge is 0.282 e. The van der Waals surface area contributed by atoms with Gasteiger partial charge in [0.25, 0.3) is 5.56 Å². The molecule has 0 amide bonds. The molecule has 184 valence electrons. The van der Waals surface area contributed by atoms with Crippen molar-refractivity contribution < 1.29 is 9.50 Å². The van der Waals surface area contributed by atoms with Gasteiger partial charge in [0.2, 0.25) is 0 Å². The highest BCUT2D eigenvalue weighted by molar-refractivity contribution is 6.01. The van der Waals surface area contributed by atoms with Crippen LogP contribution in [0.5, 0.6) is 5.75 Å². The molecule has 3 N–H and O–H groups in total. The number of phenols is 1. The maximum absolute atomic E-state index is 14.1. The van der Waals surface area contributed by atoms with Crippen LogP contribution in [0.2, 0.25) is 0 Å². The minimum atomic E-state index is -0.560. The van der Waals surface area contributed by atoms with Gasteiger partial charge in [-0.15, -0.1) is 0 Å². The Kier molecular flexibility index (Phi) is 5.22. The lowest BCUT2D eigenvalue weighted by Gasteiger charge is -2.20. The number of aromatic amines is 1. The number of halogens is 1. The van der Waals surface area contributed by atoms with E-state index in [4.69, 9.17) is 5.10 Å². The predicted octanol–water partition coefficient (Wildman–Crippen LogP) is 4.75. The third kappa shape index (κ3) is 3.79. The van der Waals surface area contributed by atoms with E-state index in [0.717, 1.165) is 11.6 Å². The van der Waals surface area contributed by atoms with Crippen LogP contribution in [0.1, 0.15) is 24.4 Å². The van der Waals surface area contributed by atoms with Gasteiger partial charge in [-0.2, -0.15) is 5.10 Å². The quantitative estimate of drug-likeness (QED) is 0.318. The average molecular weight is 496 g/mol. The van der Waals surface area contributed by atoms with Gasteiger partial charge in [-0.25, -0.2) is 18.9 Å². The van der Waals surface area contributed by atoms with Gasteiger partial charge in [0.1, 0.15) is 34.9 Å². The van der Waals surface area contributed by atoms with Gasteiger partial charge in [-0.3, -0.25) is 9.36 Å². The van der Waals surface area contributed by atoms with Crippen molar-refractivity contribution in [2.75, 3.05) is 5.32 Å². The van der Waals surface area contributed by atoms with Crippen LogP contribution in [0.25, 0.3) is 33.4 Å². The standard InChI is InChI=1S/C27H22FN7O2/c1-15-8-9-34-23(15)27(37)35(19-6-4-3-5-7-19)26(33-34)16(2)32-25-22-21(13-29-24(22)30-14-31-25)17-10-18(28)12-20(36)11-17/h3-14,16,36H,1-2H3,(H2,29,30,31,32). The number of hydrogen-bond donors (Lipinski definition) is 3. The Hall–Kier alpha value is -4.99. The number of aromatic hydroxyl groups is 1. The largest absolute Gasteiger partial charge is 0.508 e. The van der Waals surface area contributed by atoms with E-state index in [1.807, 2.05) is 50.2 Å². The van der Waals surface area contributed by atoms with E-state index in [2.05, 4.69) is 20.3 Å². The van der Waals surface area contributed by atoms with Gasteiger partial charge in [-0.1, -0.05) is 18.2 Å². The summed E-state index contributed by atoms with van der Waals surface area (Å²) in [4.78, 5) is 25.5. The van der Waals surface area contributed by atoms with Gasteiger partial charge < -0.3 is 15.4 Å². The van der Waals surface area contributed by atoms with E-state index < -0.39 is 11.9 Å². The Morgan fingerprint density at radius 3 is 2.70 bits per heavy atom. The number of benzene rings is 2. The van der Waals surface area contributed by atoms with E-state index in [0.29, 0.717) is 45.0 Å². The molecule has 0 spiro atoms. The third-order valence-corrected chi connectivity index (χ3v) is 6.33. The summed E-state index contributed by atoms with van der Waals surface area (Å²) in [6.07, 6.45) is 4.87. The summed E-state index contributed by atoms with van der Waals surface area (Å²) in [6.45, 7) is 3.77. The molecule has 1 atom stereocenters. The number of fused-ring (bicyclic) bond motifs is 2. The number of anilines is 1. The van der Waals surface area contributed by atoms with Crippen LogP contribution in [-0.2, 0) is 0 Å². The second-order valence-corrected chi connectivity index (χ2v) is 8.84. The molecular formula is C27H22FN7O2. The molecule has 37 heavy (non-hydrogen) atoms. The number of aryl methyl sites for hydroxylation is 1. The fraction of sp³-hybridized carbons (Fsp3) is 0.111. The first kappa shape index (κ1) is 22.5. The average Bonchev–Trinajstić information content (AvgIpc) is 3.48. The predicted molar refractivity (Wildman–Crippen MR) is 139 cm³/mol. The van der Waals surface area contributed by atoms with Crippen LogP contribution in [0.15, 0.2) is 78.1 Å². The molecule has 0 bridgehead atoms. The Bertz CT molecular complexity index is 1820. The number of hydrogen-bond acceptors (Lipinski definition) is 6. The second kappa shape index (κ2) is 8.59. The van der Waals surface area contributed by atoms with Crippen LogP contribution in [0.3, 0.4) is 0 Å². The first-order chi connectivity index (χ1) is 17.9. The molecule has 2 aromatic carbocycles. The summed E-state index contributed by atoms with van der Waals surface area (Å²) in [5.74, 6) is 0.202. The molecular weight excluding hydrogens is 473 g/mol. The lowest BCUT2D eigenvalue weighted by atomic mass is 10.1. The highest BCUT2D eigenvalue weighted by Crippen LogP contribution is 2.35. The number of rotatable bonds is 5. The number of nitrogens with zero attached hydrogens (tertiary/aromatic N) is 5. The van der Waals surface area contributed by atoms with E-state index in [-0.39, 0.29) is 11.3 Å². The van der Waals surface area contributed by atoms with Gasteiger partial charge >= 0.3 is 0 Å². The van der Waals surface area contributed by atoms with Crippen LogP contribution in [0.4, 0.5) is 10.2 Å². The van der Waals surface area contributed by atoms with Crippen molar-refractivity contribution in [3.05, 3.63) is 101 Å². The summed E-state index contributed by atoms with van der Waals surface area (Å²) >= 11 is 0. The lowest BCUT2D eigenvalue weighted by molar-refractivity contribution is 0.469. The maximum Gasteiger partial charge on any atom is 0.282 e. The molecule has 0 radical (unpaired) electrons. The number of phenolic OH excluding ortho intramolecular Hbond substituents is 1. The van der Waals surface area contributed by atoms with Crippen molar-refractivity contribution in [2.45, 2.75) is 19.9 Å². The van der Waals surface area contributed by atoms with Crippen LogP contribution in [0, 0.1) is 12.7 Å². The van der Waals surface area contributed by atoms with Gasteiger partial charge in [0, 0.05) is 24.0 Å². The zero-order valence-electron chi connectivity index (χ0n) is 20.0. The van der Waals surface area contributed by atoms with E-state index in [1.165, 1.54) is 18.5 Å². The molecule has 0 fully saturated rings. The van der Waals surface area contributed by atoms with Crippen LogP contribution >= 0.6 is 0 Å². The molecule has 0 saturated heterocycles. The van der Waals surface area contributed by atoms with Crippen molar-refractivity contribution in [3.8, 4) is 22.6 Å². The molecule has 4 heterocycles. The highest BCUT2D eigenvalue weighted by atomic mass is 19.1. The number of aromatic nitrogens is 6. The Morgan fingerprint density at radius 1 is 1.11 bits per heavy atom. The minimum Gasteiger partial charge on any atom is -0.508 e.